The van der Waals surface area contributed by atoms with Gasteiger partial charge in [-0.3, -0.25) is 0 Å². The van der Waals surface area contributed by atoms with Gasteiger partial charge in [-0.2, -0.15) is 0 Å². The zero-order valence-electron chi connectivity index (χ0n) is 29.0. The molecule has 2 aliphatic rings. The average Bonchev–Trinajstić information content (AvgIpc) is 3.61. The Balaban J connectivity index is 1.14. The molecule has 0 bridgehead atoms. The summed E-state index contributed by atoms with van der Waals surface area (Å²) >= 11 is 0. The summed E-state index contributed by atoms with van der Waals surface area (Å²) in [7, 11) is 0. The van der Waals surface area contributed by atoms with Gasteiger partial charge in [0.05, 0.1) is 0 Å². The van der Waals surface area contributed by atoms with Crippen LogP contribution in [0.1, 0.15) is 22.6 Å². The fraction of sp³-hybridized carbons (Fsp3) is 0.0385. The molecule has 0 saturated carbocycles. The number of benzene rings is 8. The molecule has 0 aliphatic heterocycles. The molecule has 0 amide bonds. The Morgan fingerprint density at radius 2 is 0.981 bits per heavy atom. The fourth-order valence-electron chi connectivity index (χ4n) is 9.03. The molecule has 1 heteroatoms. The van der Waals surface area contributed by atoms with Crippen molar-refractivity contribution in [2.24, 2.45) is 5.92 Å². The highest BCUT2D eigenvalue weighted by Crippen LogP contribution is 2.48. The first kappa shape index (κ1) is 30.0. The number of rotatable bonds is 4. The summed E-state index contributed by atoms with van der Waals surface area (Å²) in [6, 6.07) is 59.7. The smallest absolute Gasteiger partial charge is 0.143 e. The van der Waals surface area contributed by atoms with E-state index in [-0.39, 0.29) is 0 Å². The molecule has 1 nitrogen and oxygen atoms in total. The van der Waals surface area contributed by atoms with E-state index in [1.54, 1.807) is 0 Å². The van der Waals surface area contributed by atoms with Crippen LogP contribution < -0.4 is 0 Å². The van der Waals surface area contributed by atoms with Crippen molar-refractivity contribution >= 4 is 49.1 Å². The Hall–Kier alpha value is -6.70. The summed E-state index contributed by atoms with van der Waals surface area (Å²) in [5.74, 6) is 0.689. The molecule has 11 rings (SSSR count). The highest BCUT2D eigenvalue weighted by molar-refractivity contribution is 6.22. The maximum absolute atomic E-state index is 6.59. The van der Waals surface area contributed by atoms with Crippen molar-refractivity contribution in [2.45, 2.75) is 5.92 Å². The molecule has 9 aromatic rings. The molecule has 248 valence electrons. The van der Waals surface area contributed by atoms with Crippen molar-refractivity contribution < 1.29 is 4.42 Å². The first-order valence-electron chi connectivity index (χ1n) is 18.5. The van der Waals surface area contributed by atoms with E-state index in [2.05, 4.69) is 194 Å². The number of hydrogen-bond donors (Lipinski definition) is 0. The van der Waals surface area contributed by atoms with Crippen LogP contribution in [-0.4, -0.2) is 0 Å². The van der Waals surface area contributed by atoms with Gasteiger partial charge in [-0.05, 0) is 89.8 Å². The second kappa shape index (κ2) is 11.9. The number of para-hydroxylation sites is 1. The van der Waals surface area contributed by atoms with E-state index < -0.39 is 0 Å². The maximum atomic E-state index is 6.59. The molecule has 0 saturated heterocycles. The lowest BCUT2D eigenvalue weighted by molar-refractivity contribution is 0.670. The van der Waals surface area contributed by atoms with Crippen LogP contribution in [-0.2, 0) is 0 Å². The van der Waals surface area contributed by atoms with Gasteiger partial charge in [0.15, 0.2) is 0 Å². The van der Waals surface area contributed by atoms with Crippen molar-refractivity contribution in [3.8, 4) is 33.4 Å². The van der Waals surface area contributed by atoms with E-state index in [1.807, 2.05) is 0 Å². The molecule has 0 spiro atoms. The van der Waals surface area contributed by atoms with Gasteiger partial charge in [0.1, 0.15) is 11.2 Å². The van der Waals surface area contributed by atoms with Crippen molar-refractivity contribution in [3.05, 3.63) is 211 Å². The first-order chi connectivity index (χ1) is 26.3. The summed E-state index contributed by atoms with van der Waals surface area (Å²) in [5, 5.41) is 7.27. The van der Waals surface area contributed by atoms with E-state index in [4.69, 9.17) is 4.42 Å². The molecule has 8 aromatic carbocycles. The van der Waals surface area contributed by atoms with Crippen LogP contribution in [0.25, 0.3) is 82.4 Å². The minimum atomic E-state index is 0.338. The van der Waals surface area contributed by atoms with Gasteiger partial charge < -0.3 is 4.42 Å². The second-order valence-corrected chi connectivity index (χ2v) is 14.3. The molecule has 0 fully saturated rings. The largest absolute Gasteiger partial charge is 0.455 e. The second-order valence-electron chi connectivity index (χ2n) is 14.3. The molecular weight excluding hydrogens is 641 g/mol. The van der Waals surface area contributed by atoms with Crippen LogP contribution in [0.3, 0.4) is 0 Å². The van der Waals surface area contributed by atoms with Gasteiger partial charge in [-0.1, -0.05) is 176 Å². The monoisotopic (exact) mass is 674 g/mol. The quantitative estimate of drug-likeness (QED) is 0.169. The lowest BCUT2D eigenvalue weighted by atomic mass is 9.72. The third-order valence-electron chi connectivity index (χ3n) is 11.4. The average molecular weight is 675 g/mol. The third-order valence-corrected chi connectivity index (χ3v) is 11.4. The molecule has 53 heavy (non-hydrogen) atoms. The number of furan rings is 1. The Morgan fingerprint density at radius 3 is 1.68 bits per heavy atom. The summed E-state index contributed by atoms with van der Waals surface area (Å²) < 4.78 is 6.59. The van der Waals surface area contributed by atoms with Crippen LogP contribution in [0.5, 0.6) is 0 Å². The third kappa shape index (κ3) is 4.71. The molecule has 2 unspecified atom stereocenters. The molecule has 0 radical (unpaired) electrons. The Labute approximate surface area is 308 Å². The molecule has 2 atom stereocenters. The minimum Gasteiger partial charge on any atom is -0.455 e. The Morgan fingerprint density at radius 1 is 0.396 bits per heavy atom. The van der Waals surface area contributed by atoms with Gasteiger partial charge in [0, 0.05) is 28.2 Å². The summed E-state index contributed by atoms with van der Waals surface area (Å²) in [6.45, 7) is 0. The highest BCUT2D eigenvalue weighted by atomic mass is 16.3. The molecular formula is C52H34O. The lowest BCUT2D eigenvalue weighted by Crippen LogP contribution is -2.16. The summed E-state index contributed by atoms with van der Waals surface area (Å²) in [4.78, 5) is 0. The summed E-state index contributed by atoms with van der Waals surface area (Å²) in [6.07, 6.45) is 11.6. The van der Waals surface area contributed by atoms with Crippen LogP contribution in [0.15, 0.2) is 199 Å². The SMILES string of the molecule is C1=CC2C=C(c3ccccc3)c3cc(-c4c5ccccc5c(-c5ccc6oc7c(-c8ccccc8)cccc7c6c5)c5ccccc45)ccc3C2C=C1. The number of hydrogen-bond acceptors (Lipinski definition) is 1. The van der Waals surface area contributed by atoms with Crippen molar-refractivity contribution in [1.29, 1.82) is 0 Å². The van der Waals surface area contributed by atoms with E-state index in [1.165, 1.54) is 66.1 Å². The zero-order valence-corrected chi connectivity index (χ0v) is 29.0. The van der Waals surface area contributed by atoms with E-state index in [9.17, 15) is 0 Å². The predicted molar refractivity (Wildman–Crippen MR) is 223 cm³/mol. The summed E-state index contributed by atoms with van der Waals surface area (Å²) in [5.41, 5.74) is 14.3. The first-order valence-corrected chi connectivity index (χ1v) is 18.5. The van der Waals surface area contributed by atoms with E-state index in [0.29, 0.717) is 11.8 Å². The van der Waals surface area contributed by atoms with Crippen LogP contribution in [0.2, 0.25) is 0 Å². The Bertz CT molecular complexity index is 2940. The fourth-order valence-corrected chi connectivity index (χ4v) is 9.03. The van der Waals surface area contributed by atoms with Crippen LogP contribution in [0.4, 0.5) is 0 Å². The maximum Gasteiger partial charge on any atom is 0.143 e. The normalized spacial score (nSPS) is 16.3. The van der Waals surface area contributed by atoms with Crippen molar-refractivity contribution in [1.82, 2.24) is 0 Å². The van der Waals surface area contributed by atoms with Crippen molar-refractivity contribution in [3.63, 3.8) is 0 Å². The van der Waals surface area contributed by atoms with E-state index in [0.717, 1.165) is 33.1 Å². The van der Waals surface area contributed by atoms with Crippen molar-refractivity contribution in [2.75, 3.05) is 0 Å². The van der Waals surface area contributed by atoms with Gasteiger partial charge in [-0.25, -0.2) is 0 Å². The van der Waals surface area contributed by atoms with Crippen LogP contribution >= 0.6 is 0 Å². The van der Waals surface area contributed by atoms with Gasteiger partial charge in [-0.15, -0.1) is 0 Å². The lowest BCUT2D eigenvalue weighted by Gasteiger charge is -2.31. The van der Waals surface area contributed by atoms with Gasteiger partial charge >= 0.3 is 0 Å². The number of fused-ring (bicyclic) bond motifs is 8. The van der Waals surface area contributed by atoms with Crippen LogP contribution in [0, 0.1) is 5.92 Å². The van der Waals surface area contributed by atoms with Gasteiger partial charge in [0.25, 0.3) is 0 Å². The predicted octanol–water partition coefficient (Wildman–Crippen LogP) is 14.2. The highest BCUT2D eigenvalue weighted by Gasteiger charge is 2.29. The Kier molecular flexibility index (Phi) is 6.75. The standard InChI is InChI=1S/C52H34O/c1-3-14-33(15-4-1)39-24-13-25-45-48-32-37(27-29-49(48)53-52(39)45)51-43-22-11-9-20-41(43)50(42-21-10-12-23-44(42)51)36-26-28-40-38-19-8-7-18-35(38)30-46(47(40)31-36)34-16-5-2-6-17-34/h1-32,35,38H. The molecule has 0 N–H and O–H groups in total. The topological polar surface area (TPSA) is 13.1 Å². The molecule has 1 heterocycles. The minimum absolute atomic E-state index is 0.338. The molecule has 1 aromatic heterocycles. The van der Waals surface area contributed by atoms with Gasteiger partial charge in [0.2, 0.25) is 0 Å². The van der Waals surface area contributed by atoms with E-state index >= 15 is 0 Å². The number of allylic oxidation sites excluding steroid dienone is 5. The molecule has 2 aliphatic carbocycles. The zero-order chi connectivity index (χ0) is 34.9.